The Morgan fingerprint density at radius 3 is 2.58 bits per heavy atom. The highest BCUT2D eigenvalue weighted by Gasteiger charge is 2.20. The van der Waals surface area contributed by atoms with Crippen LogP contribution in [0.5, 0.6) is 0 Å². The average molecular weight is 394 g/mol. The van der Waals surface area contributed by atoms with Gasteiger partial charge in [-0.05, 0) is 24.1 Å². The zero-order valence-corrected chi connectivity index (χ0v) is 15.2. The number of amides is 1. The summed E-state index contributed by atoms with van der Waals surface area (Å²) in [5.74, 6) is 0.310. The molecule has 0 fully saturated rings. The number of carbonyl (C=O) groups is 2. The molecule has 2 aromatic rings. The fourth-order valence-electron chi connectivity index (χ4n) is 2.34. The number of benzene rings is 1. The topological polar surface area (TPSA) is 73.2 Å². The van der Waals surface area contributed by atoms with Crippen molar-refractivity contribution in [2.24, 2.45) is 7.05 Å². The van der Waals surface area contributed by atoms with Gasteiger partial charge in [-0.25, -0.2) is 4.98 Å². The standard InChI is InChI=1S/C17H20BrN3O3/c1-21-11-10-19-17(21)16(12-6-8-13(18)9-7-12)20-14(22)4-3-5-15(23)24-2/h6-11,16H,3-5H2,1-2H3,(H,20,22). The second-order valence-electron chi connectivity index (χ2n) is 5.38. The van der Waals surface area contributed by atoms with E-state index in [9.17, 15) is 9.59 Å². The van der Waals surface area contributed by atoms with E-state index in [1.165, 1.54) is 7.11 Å². The van der Waals surface area contributed by atoms with Crippen LogP contribution in [0.3, 0.4) is 0 Å². The lowest BCUT2D eigenvalue weighted by molar-refractivity contribution is -0.140. The van der Waals surface area contributed by atoms with E-state index in [2.05, 4.69) is 31.0 Å². The van der Waals surface area contributed by atoms with E-state index in [0.29, 0.717) is 6.42 Å². The highest BCUT2D eigenvalue weighted by Crippen LogP contribution is 2.22. The lowest BCUT2D eigenvalue weighted by atomic mass is 10.1. The molecular weight excluding hydrogens is 374 g/mol. The maximum atomic E-state index is 12.3. The van der Waals surface area contributed by atoms with Gasteiger partial charge in [0.1, 0.15) is 11.9 Å². The molecule has 1 heterocycles. The van der Waals surface area contributed by atoms with E-state index in [1.54, 1.807) is 6.20 Å². The molecule has 6 nitrogen and oxygen atoms in total. The molecule has 0 saturated carbocycles. The molecule has 1 amide bonds. The van der Waals surface area contributed by atoms with E-state index >= 15 is 0 Å². The second-order valence-corrected chi connectivity index (χ2v) is 6.29. The van der Waals surface area contributed by atoms with E-state index < -0.39 is 0 Å². The van der Waals surface area contributed by atoms with Crippen LogP contribution in [0.15, 0.2) is 41.1 Å². The number of methoxy groups -OCH3 is 1. The summed E-state index contributed by atoms with van der Waals surface area (Å²) in [6.45, 7) is 0. The van der Waals surface area contributed by atoms with Gasteiger partial charge in [0, 0.05) is 36.8 Å². The summed E-state index contributed by atoms with van der Waals surface area (Å²) in [5, 5.41) is 3.00. The summed E-state index contributed by atoms with van der Waals surface area (Å²) in [6.07, 6.45) is 4.48. The molecule has 0 aliphatic rings. The number of aromatic nitrogens is 2. The van der Waals surface area contributed by atoms with Gasteiger partial charge in [0.15, 0.2) is 0 Å². The number of hydrogen-bond acceptors (Lipinski definition) is 4. The minimum atomic E-state index is -0.344. The molecule has 0 radical (unpaired) electrons. The summed E-state index contributed by atoms with van der Waals surface area (Å²) in [4.78, 5) is 27.7. The normalized spacial score (nSPS) is 11.8. The number of imidazole rings is 1. The number of halogens is 1. The third kappa shape index (κ3) is 4.92. The Balaban J connectivity index is 2.09. The number of aryl methyl sites for hydroxylation is 1. The molecule has 0 spiro atoms. The van der Waals surface area contributed by atoms with Crippen LogP contribution in [0.2, 0.25) is 0 Å². The molecule has 1 aromatic heterocycles. The summed E-state index contributed by atoms with van der Waals surface area (Å²) >= 11 is 3.41. The van der Waals surface area contributed by atoms with Gasteiger partial charge in [-0.2, -0.15) is 0 Å². The highest BCUT2D eigenvalue weighted by atomic mass is 79.9. The molecule has 128 valence electrons. The molecule has 1 N–H and O–H groups in total. The summed E-state index contributed by atoms with van der Waals surface area (Å²) in [5.41, 5.74) is 0.939. The molecule has 1 unspecified atom stereocenters. The molecule has 0 saturated heterocycles. The van der Waals surface area contributed by atoms with Gasteiger partial charge in [0.05, 0.1) is 7.11 Å². The van der Waals surface area contributed by atoms with Gasteiger partial charge >= 0.3 is 5.97 Å². The minimum Gasteiger partial charge on any atom is -0.469 e. The predicted octanol–water partition coefficient (Wildman–Crippen LogP) is 2.73. The van der Waals surface area contributed by atoms with Crippen molar-refractivity contribution in [3.8, 4) is 0 Å². The Kier molecular flexibility index (Phi) is 6.54. The number of nitrogens with zero attached hydrogens (tertiary/aromatic N) is 2. The van der Waals surface area contributed by atoms with Gasteiger partial charge in [-0.15, -0.1) is 0 Å². The monoisotopic (exact) mass is 393 g/mol. The van der Waals surface area contributed by atoms with Crippen LogP contribution >= 0.6 is 15.9 Å². The first-order chi connectivity index (χ1) is 11.5. The van der Waals surface area contributed by atoms with Gasteiger partial charge in [-0.3, -0.25) is 9.59 Å². The van der Waals surface area contributed by atoms with Crippen molar-refractivity contribution >= 4 is 27.8 Å². The maximum absolute atomic E-state index is 12.3. The van der Waals surface area contributed by atoms with E-state index in [0.717, 1.165) is 15.9 Å². The van der Waals surface area contributed by atoms with Crippen LogP contribution in [0.1, 0.15) is 36.7 Å². The molecular formula is C17H20BrN3O3. The predicted molar refractivity (Wildman–Crippen MR) is 93.2 cm³/mol. The lowest BCUT2D eigenvalue weighted by Gasteiger charge is -2.19. The van der Waals surface area contributed by atoms with Gasteiger partial charge in [0.2, 0.25) is 5.91 Å². The van der Waals surface area contributed by atoms with Crippen molar-refractivity contribution in [1.82, 2.24) is 14.9 Å². The maximum Gasteiger partial charge on any atom is 0.305 e. The van der Waals surface area contributed by atoms with Crippen LogP contribution < -0.4 is 5.32 Å². The third-order valence-corrected chi connectivity index (χ3v) is 4.17. The largest absolute Gasteiger partial charge is 0.469 e. The first kappa shape index (κ1) is 18.2. The minimum absolute atomic E-state index is 0.130. The zero-order valence-electron chi connectivity index (χ0n) is 13.7. The molecule has 0 aliphatic heterocycles. The second kappa shape index (κ2) is 8.63. The van der Waals surface area contributed by atoms with Crippen LogP contribution in [-0.2, 0) is 21.4 Å². The number of ether oxygens (including phenoxy) is 1. The van der Waals surface area contributed by atoms with E-state index in [4.69, 9.17) is 0 Å². The molecule has 0 bridgehead atoms. The summed E-state index contributed by atoms with van der Waals surface area (Å²) in [7, 11) is 3.23. The average Bonchev–Trinajstić information content (AvgIpc) is 2.99. The first-order valence-electron chi connectivity index (χ1n) is 7.60. The highest BCUT2D eigenvalue weighted by molar-refractivity contribution is 9.10. The number of nitrogens with one attached hydrogen (secondary N) is 1. The lowest BCUT2D eigenvalue weighted by Crippen LogP contribution is -2.31. The van der Waals surface area contributed by atoms with Gasteiger partial charge in [0.25, 0.3) is 0 Å². The smallest absolute Gasteiger partial charge is 0.305 e. The van der Waals surface area contributed by atoms with Crippen molar-refractivity contribution in [2.75, 3.05) is 7.11 Å². The van der Waals surface area contributed by atoms with Crippen molar-refractivity contribution in [2.45, 2.75) is 25.3 Å². The zero-order chi connectivity index (χ0) is 17.5. The summed E-state index contributed by atoms with van der Waals surface area (Å²) < 4.78 is 7.42. The van der Waals surface area contributed by atoms with Crippen molar-refractivity contribution in [3.05, 3.63) is 52.5 Å². The molecule has 1 atom stereocenters. The molecule has 24 heavy (non-hydrogen) atoms. The SMILES string of the molecule is COC(=O)CCCC(=O)NC(c1ccc(Br)cc1)c1nccn1C. The Labute approximate surface area is 149 Å². The number of esters is 1. The van der Waals surface area contributed by atoms with E-state index in [-0.39, 0.29) is 30.8 Å². The summed E-state index contributed by atoms with van der Waals surface area (Å²) in [6, 6.07) is 7.39. The Bertz CT molecular complexity index is 697. The van der Waals surface area contributed by atoms with Crippen LogP contribution in [0.4, 0.5) is 0 Å². The van der Waals surface area contributed by atoms with Crippen LogP contribution in [-0.4, -0.2) is 28.5 Å². The quantitative estimate of drug-likeness (QED) is 0.733. The van der Waals surface area contributed by atoms with Crippen molar-refractivity contribution in [1.29, 1.82) is 0 Å². The number of carbonyl (C=O) groups excluding carboxylic acids is 2. The molecule has 2 rings (SSSR count). The Morgan fingerprint density at radius 1 is 1.29 bits per heavy atom. The Morgan fingerprint density at radius 2 is 2.00 bits per heavy atom. The van der Waals surface area contributed by atoms with Crippen LogP contribution in [0.25, 0.3) is 0 Å². The van der Waals surface area contributed by atoms with Gasteiger partial charge < -0.3 is 14.6 Å². The number of rotatable bonds is 7. The van der Waals surface area contributed by atoms with Gasteiger partial charge in [-0.1, -0.05) is 28.1 Å². The number of hydrogen-bond donors (Lipinski definition) is 1. The molecule has 1 aromatic carbocycles. The third-order valence-electron chi connectivity index (χ3n) is 3.64. The van der Waals surface area contributed by atoms with Crippen LogP contribution in [0, 0.1) is 0 Å². The molecule has 0 aliphatic carbocycles. The Hall–Kier alpha value is -2.15. The molecule has 7 heteroatoms. The fourth-order valence-corrected chi connectivity index (χ4v) is 2.60. The van der Waals surface area contributed by atoms with Crippen molar-refractivity contribution in [3.63, 3.8) is 0 Å². The van der Waals surface area contributed by atoms with E-state index in [1.807, 2.05) is 42.1 Å². The first-order valence-corrected chi connectivity index (χ1v) is 8.39. The van der Waals surface area contributed by atoms with Crippen molar-refractivity contribution < 1.29 is 14.3 Å². The fraction of sp³-hybridized carbons (Fsp3) is 0.353.